The minimum absolute atomic E-state index is 0.0325. The van der Waals surface area contributed by atoms with Gasteiger partial charge in [0.2, 0.25) is 0 Å². The van der Waals surface area contributed by atoms with Crippen LogP contribution in [-0.2, 0) is 0 Å². The van der Waals surface area contributed by atoms with Crippen molar-refractivity contribution in [1.29, 1.82) is 0 Å². The third-order valence-corrected chi connectivity index (χ3v) is 0.936. The van der Waals surface area contributed by atoms with E-state index in [-0.39, 0.29) is 5.94 Å². The lowest BCUT2D eigenvalue weighted by Crippen LogP contribution is -2.00. The highest BCUT2D eigenvalue weighted by Gasteiger charge is 1.87. The summed E-state index contributed by atoms with van der Waals surface area (Å²) in [5, 5.41) is 0. The van der Waals surface area contributed by atoms with Crippen molar-refractivity contribution in [2.24, 2.45) is 4.99 Å². The van der Waals surface area contributed by atoms with E-state index in [2.05, 4.69) is 11.9 Å². The first kappa shape index (κ1) is 7.73. The summed E-state index contributed by atoms with van der Waals surface area (Å²) in [6.45, 7) is 5.93. The molecule has 1 unspecified atom stereocenters. The monoisotopic (exact) mass is 109 g/mol. The van der Waals surface area contributed by atoms with Crippen LogP contribution in [0.4, 0.5) is 0 Å². The molecule has 0 aromatic heterocycles. The van der Waals surface area contributed by atoms with E-state index in [9.17, 15) is 0 Å². The van der Waals surface area contributed by atoms with E-state index in [0.29, 0.717) is 0 Å². The minimum Gasteiger partial charge on any atom is -0.301 e. The van der Waals surface area contributed by atoms with Crippen molar-refractivity contribution in [3.63, 3.8) is 0 Å². The second-order valence-corrected chi connectivity index (χ2v) is 1.96. The second-order valence-electron chi connectivity index (χ2n) is 1.96. The SMILES string of the molecule is [B]C(C)N=C(C)CC. The summed E-state index contributed by atoms with van der Waals surface area (Å²) < 4.78 is 0. The smallest absolute Gasteiger partial charge is 0.101 e. The molecule has 0 N–H and O–H groups in total. The Hall–Kier alpha value is -0.265. The molecule has 0 heterocycles. The molecule has 0 aromatic carbocycles. The van der Waals surface area contributed by atoms with Crippen LogP contribution in [0.5, 0.6) is 0 Å². The molecule has 44 valence electrons. The zero-order valence-corrected chi connectivity index (χ0v) is 5.81. The van der Waals surface area contributed by atoms with Gasteiger partial charge in [-0.2, -0.15) is 0 Å². The van der Waals surface area contributed by atoms with Crippen molar-refractivity contribution in [3.8, 4) is 0 Å². The van der Waals surface area contributed by atoms with E-state index in [1.165, 1.54) is 0 Å². The molecule has 0 aliphatic rings. The highest BCUT2D eigenvalue weighted by atomic mass is 14.7. The number of nitrogens with zero attached hydrogens (tertiary/aromatic N) is 1. The zero-order valence-electron chi connectivity index (χ0n) is 5.81. The fourth-order valence-corrected chi connectivity index (χ4v) is 0.439. The first-order valence-electron chi connectivity index (χ1n) is 2.95. The predicted octanol–water partition coefficient (Wildman–Crippen LogP) is 1.37. The van der Waals surface area contributed by atoms with Crippen LogP contribution in [0.2, 0.25) is 0 Å². The number of rotatable bonds is 2. The molecule has 0 rings (SSSR count). The predicted molar refractivity (Wildman–Crippen MR) is 38.6 cm³/mol. The largest absolute Gasteiger partial charge is 0.301 e. The van der Waals surface area contributed by atoms with E-state index >= 15 is 0 Å². The van der Waals surface area contributed by atoms with Gasteiger partial charge >= 0.3 is 0 Å². The van der Waals surface area contributed by atoms with Gasteiger partial charge in [-0.1, -0.05) is 13.8 Å². The molecule has 2 radical (unpaired) electrons. The van der Waals surface area contributed by atoms with E-state index in [1.807, 2.05) is 13.8 Å². The summed E-state index contributed by atoms with van der Waals surface area (Å²) in [5.74, 6) is -0.0325. The molecule has 0 spiro atoms. The number of aliphatic imine (C=N–C) groups is 1. The maximum atomic E-state index is 5.38. The molecule has 1 atom stereocenters. The summed E-state index contributed by atoms with van der Waals surface area (Å²) in [6.07, 6.45) is 1.00. The molecule has 2 heteroatoms. The molecule has 0 amide bonds. The maximum absolute atomic E-state index is 5.38. The minimum atomic E-state index is -0.0325. The third kappa shape index (κ3) is 3.91. The third-order valence-electron chi connectivity index (χ3n) is 0.936. The van der Waals surface area contributed by atoms with Crippen LogP contribution in [0, 0.1) is 0 Å². The highest BCUT2D eigenvalue weighted by molar-refractivity contribution is 6.12. The normalized spacial score (nSPS) is 16.1. The van der Waals surface area contributed by atoms with Crippen LogP contribution in [0.15, 0.2) is 4.99 Å². The first-order valence-corrected chi connectivity index (χ1v) is 2.95. The fourth-order valence-electron chi connectivity index (χ4n) is 0.439. The lowest BCUT2D eigenvalue weighted by atomic mass is 10.00. The maximum Gasteiger partial charge on any atom is 0.101 e. The van der Waals surface area contributed by atoms with Crippen LogP contribution in [0.25, 0.3) is 0 Å². The molecular weight excluding hydrogens is 96.9 g/mol. The Labute approximate surface area is 52.6 Å². The number of hydrogen-bond donors (Lipinski definition) is 0. The van der Waals surface area contributed by atoms with Gasteiger partial charge in [0.1, 0.15) is 7.85 Å². The molecule has 0 aliphatic heterocycles. The molecule has 0 saturated heterocycles. The lowest BCUT2D eigenvalue weighted by molar-refractivity contribution is 1.01. The van der Waals surface area contributed by atoms with Gasteiger partial charge in [-0.3, -0.25) is 0 Å². The highest BCUT2D eigenvalue weighted by Crippen LogP contribution is 1.87. The molecule has 0 aromatic rings. The summed E-state index contributed by atoms with van der Waals surface area (Å²) in [7, 11) is 5.38. The molecule has 1 nitrogen and oxygen atoms in total. The Morgan fingerprint density at radius 1 is 1.75 bits per heavy atom. The topological polar surface area (TPSA) is 12.4 Å². The van der Waals surface area contributed by atoms with Crippen LogP contribution < -0.4 is 0 Å². The van der Waals surface area contributed by atoms with E-state index < -0.39 is 0 Å². The standard InChI is InChI=1S/C6H12BN/c1-4-5(2)8-6(3)7/h6H,4H2,1-3H3. The van der Waals surface area contributed by atoms with Gasteiger partial charge in [0.05, 0.1) is 0 Å². The lowest BCUT2D eigenvalue weighted by Gasteiger charge is -1.97. The molecule has 0 fully saturated rings. The Kier molecular flexibility index (Phi) is 3.58. The fraction of sp³-hybridized carbons (Fsp3) is 0.833. The Balaban J connectivity index is 3.56. The zero-order chi connectivity index (χ0) is 6.57. The Morgan fingerprint density at radius 2 is 2.25 bits per heavy atom. The van der Waals surface area contributed by atoms with E-state index in [1.54, 1.807) is 0 Å². The van der Waals surface area contributed by atoms with Gasteiger partial charge in [0, 0.05) is 11.7 Å². The van der Waals surface area contributed by atoms with Crippen LogP contribution in [-0.4, -0.2) is 19.5 Å². The van der Waals surface area contributed by atoms with Crippen LogP contribution >= 0.6 is 0 Å². The Bertz CT molecular complexity index is 86.5. The van der Waals surface area contributed by atoms with Gasteiger partial charge in [-0.05, 0) is 13.3 Å². The molecule has 0 aliphatic carbocycles. The van der Waals surface area contributed by atoms with Gasteiger partial charge < -0.3 is 4.99 Å². The van der Waals surface area contributed by atoms with Crippen molar-refractivity contribution in [1.82, 2.24) is 0 Å². The summed E-state index contributed by atoms with van der Waals surface area (Å²) in [5.41, 5.74) is 1.13. The van der Waals surface area contributed by atoms with Gasteiger partial charge in [-0.25, -0.2) is 0 Å². The van der Waals surface area contributed by atoms with Gasteiger partial charge in [0.15, 0.2) is 0 Å². The average Bonchev–Trinajstić information content (AvgIpc) is 1.65. The van der Waals surface area contributed by atoms with Crippen molar-refractivity contribution in [2.45, 2.75) is 33.1 Å². The molecular formula is C6H12BN. The summed E-state index contributed by atoms with van der Waals surface area (Å²) in [6, 6.07) is 0. The van der Waals surface area contributed by atoms with Gasteiger partial charge in [0.25, 0.3) is 0 Å². The average molecular weight is 109 g/mol. The molecule has 0 saturated carbocycles. The second kappa shape index (κ2) is 3.70. The van der Waals surface area contributed by atoms with Crippen molar-refractivity contribution < 1.29 is 0 Å². The summed E-state index contributed by atoms with van der Waals surface area (Å²) in [4.78, 5) is 4.09. The quantitative estimate of drug-likeness (QED) is 0.375. The van der Waals surface area contributed by atoms with Crippen molar-refractivity contribution in [2.75, 3.05) is 0 Å². The van der Waals surface area contributed by atoms with Crippen molar-refractivity contribution >= 4 is 13.6 Å². The summed E-state index contributed by atoms with van der Waals surface area (Å²) >= 11 is 0. The van der Waals surface area contributed by atoms with Gasteiger partial charge in [-0.15, -0.1) is 0 Å². The van der Waals surface area contributed by atoms with Crippen LogP contribution in [0.3, 0.4) is 0 Å². The molecule has 8 heavy (non-hydrogen) atoms. The van der Waals surface area contributed by atoms with Crippen molar-refractivity contribution in [3.05, 3.63) is 0 Å². The molecule has 0 bridgehead atoms. The Morgan fingerprint density at radius 3 is 2.38 bits per heavy atom. The first-order chi connectivity index (χ1) is 3.66. The van der Waals surface area contributed by atoms with E-state index in [0.717, 1.165) is 12.1 Å². The number of hydrogen-bond acceptors (Lipinski definition) is 1. The van der Waals surface area contributed by atoms with Crippen LogP contribution in [0.1, 0.15) is 27.2 Å². The van der Waals surface area contributed by atoms with E-state index in [4.69, 9.17) is 7.85 Å².